The molecule has 0 fully saturated rings. The first-order chi connectivity index (χ1) is 17.1. The first-order valence-electron chi connectivity index (χ1n) is 11.0. The molecular weight excluding hydrogens is 440 g/mol. The smallest absolute Gasteiger partial charge is 0.339 e. The molecule has 0 unspecified atom stereocenters. The molecule has 0 atom stereocenters. The van der Waals surface area contributed by atoms with Crippen molar-refractivity contribution in [1.29, 1.82) is 0 Å². The number of nitro groups is 1. The van der Waals surface area contributed by atoms with E-state index in [0.717, 1.165) is 16.7 Å². The third kappa shape index (κ3) is 4.77. The van der Waals surface area contributed by atoms with Crippen LogP contribution in [-0.2, 0) is 11.3 Å². The second-order valence-corrected chi connectivity index (χ2v) is 8.02. The van der Waals surface area contributed by atoms with Crippen molar-refractivity contribution in [3.8, 4) is 22.4 Å². The molecule has 0 aliphatic carbocycles. The predicted octanol–water partition coefficient (Wildman–Crippen LogP) is 6.83. The van der Waals surface area contributed by atoms with Crippen LogP contribution in [0.4, 0.5) is 5.69 Å². The Morgan fingerprint density at radius 1 is 0.771 bits per heavy atom. The van der Waals surface area contributed by atoms with Gasteiger partial charge >= 0.3 is 5.97 Å². The van der Waals surface area contributed by atoms with Crippen LogP contribution in [0.5, 0.6) is 0 Å². The molecule has 0 saturated carbocycles. The van der Waals surface area contributed by atoms with E-state index in [-0.39, 0.29) is 12.3 Å². The average Bonchev–Trinajstić information content (AvgIpc) is 2.92. The molecule has 170 valence electrons. The lowest BCUT2D eigenvalue weighted by Crippen LogP contribution is -2.07. The molecule has 6 heteroatoms. The van der Waals surface area contributed by atoms with Gasteiger partial charge in [-0.3, -0.25) is 10.1 Å². The Hall–Kier alpha value is -4.84. The summed E-state index contributed by atoms with van der Waals surface area (Å²) in [7, 11) is 0. The number of benzene rings is 4. The quantitative estimate of drug-likeness (QED) is 0.157. The fraction of sp³-hybridized carbons (Fsp3) is 0.0345. The Labute approximate surface area is 201 Å². The molecule has 0 spiro atoms. The highest BCUT2D eigenvalue weighted by Gasteiger charge is 2.16. The molecule has 0 saturated heterocycles. The maximum absolute atomic E-state index is 13.1. The lowest BCUT2D eigenvalue weighted by molar-refractivity contribution is -0.384. The van der Waals surface area contributed by atoms with Crippen molar-refractivity contribution in [3.63, 3.8) is 0 Å². The van der Waals surface area contributed by atoms with E-state index in [1.165, 1.54) is 12.1 Å². The fourth-order valence-electron chi connectivity index (χ4n) is 3.90. The number of nitrogens with zero attached hydrogens (tertiary/aromatic N) is 2. The standard InChI is InChI=1S/C29H20N2O4/c32-29(35-19-20-10-16-24(17-11-20)31(33)34)26-18-28(30-27-9-5-4-8-25(26)27)23-14-12-22(13-15-23)21-6-2-1-3-7-21/h1-18H,19H2. The van der Waals surface area contributed by atoms with Crippen LogP contribution in [0.25, 0.3) is 33.3 Å². The summed E-state index contributed by atoms with van der Waals surface area (Å²) in [6.07, 6.45) is 0. The molecule has 0 aliphatic rings. The molecule has 5 aromatic rings. The van der Waals surface area contributed by atoms with Crippen molar-refractivity contribution in [2.24, 2.45) is 0 Å². The Morgan fingerprint density at radius 2 is 1.40 bits per heavy atom. The second kappa shape index (κ2) is 9.57. The number of esters is 1. The number of ether oxygens (including phenoxy) is 1. The second-order valence-electron chi connectivity index (χ2n) is 8.02. The van der Waals surface area contributed by atoms with Gasteiger partial charge in [0.15, 0.2) is 0 Å². The minimum absolute atomic E-state index is 0.00852. The van der Waals surface area contributed by atoms with Gasteiger partial charge in [0.25, 0.3) is 5.69 Å². The molecule has 0 amide bonds. The predicted molar refractivity (Wildman–Crippen MR) is 135 cm³/mol. The highest BCUT2D eigenvalue weighted by Crippen LogP contribution is 2.28. The van der Waals surface area contributed by atoms with Crippen LogP contribution in [0.1, 0.15) is 15.9 Å². The summed E-state index contributed by atoms with van der Waals surface area (Å²) in [5.74, 6) is -0.482. The zero-order chi connectivity index (χ0) is 24.2. The molecule has 6 nitrogen and oxygen atoms in total. The van der Waals surface area contributed by atoms with Crippen molar-refractivity contribution < 1.29 is 14.5 Å². The van der Waals surface area contributed by atoms with Crippen LogP contribution in [-0.4, -0.2) is 15.9 Å². The summed E-state index contributed by atoms with van der Waals surface area (Å²) in [5.41, 5.74) is 5.55. The number of fused-ring (bicyclic) bond motifs is 1. The summed E-state index contributed by atoms with van der Waals surface area (Å²) in [6.45, 7) is 0.00852. The van der Waals surface area contributed by atoms with Crippen LogP contribution < -0.4 is 0 Å². The molecule has 35 heavy (non-hydrogen) atoms. The van der Waals surface area contributed by atoms with Gasteiger partial charge in [-0.25, -0.2) is 9.78 Å². The third-order valence-corrected chi connectivity index (χ3v) is 5.74. The maximum Gasteiger partial charge on any atom is 0.339 e. The molecule has 0 bridgehead atoms. The van der Waals surface area contributed by atoms with Crippen molar-refractivity contribution in [2.45, 2.75) is 6.61 Å². The van der Waals surface area contributed by atoms with Gasteiger partial charge in [0.05, 0.1) is 21.7 Å². The monoisotopic (exact) mass is 460 g/mol. The first kappa shape index (κ1) is 22.0. The van der Waals surface area contributed by atoms with Crippen molar-refractivity contribution in [3.05, 3.63) is 130 Å². The summed E-state index contributed by atoms with van der Waals surface area (Å²) >= 11 is 0. The number of nitro benzene ring substituents is 1. The van der Waals surface area contributed by atoms with Crippen molar-refractivity contribution in [2.75, 3.05) is 0 Å². The average molecular weight is 460 g/mol. The zero-order valence-corrected chi connectivity index (χ0v) is 18.6. The summed E-state index contributed by atoms with van der Waals surface area (Å²) in [6, 6.07) is 33.3. The van der Waals surface area contributed by atoms with Crippen LogP contribution in [0, 0.1) is 10.1 Å². The Bertz CT molecular complexity index is 1510. The minimum Gasteiger partial charge on any atom is -0.457 e. The van der Waals surface area contributed by atoms with Crippen LogP contribution in [0.15, 0.2) is 109 Å². The normalized spacial score (nSPS) is 10.7. The van der Waals surface area contributed by atoms with E-state index in [4.69, 9.17) is 9.72 Å². The van der Waals surface area contributed by atoms with E-state index in [0.29, 0.717) is 27.7 Å². The number of aromatic nitrogens is 1. The third-order valence-electron chi connectivity index (χ3n) is 5.74. The van der Waals surface area contributed by atoms with Gasteiger partial charge < -0.3 is 4.74 Å². The molecule has 5 rings (SSSR count). The van der Waals surface area contributed by atoms with Crippen LogP contribution in [0.3, 0.4) is 0 Å². The fourth-order valence-corrected chi connectivity index (χ4v) is 3.90. The molecule has 1 heterocycles. The van der Waals surface area contributed by atoms with Crippen LogP contribution in [0.2, 0.25) is 0 Å². The Balaban J connectivity index is 1.43. The van der Waals surface area contributed by atoms with Crippen molar-refractivity contribution in [1.82, 2.24) is 4.98 Å². The van der Waals surface area contributed by atoms with Gasteiger partial charge in [0.2, 0.25) is 0 Å². The maximum atomic E-state index is 13.1. The van der Waals surface area contributed by atoms with Crippen LogP contribution >= 0.6 is 0 Å². The minimum atomic E-state index is -0.482. The van der Waals surface area contributed by atoms with E-state index >= 15 is 0 Å². The molecule has 0 aliphatic heterocycles. The number of para-hydroxylation sites is 1. The van der Waals surface area contributed by atoms with Gasteiger partial charge in [-0.2, -0.15) is 0 Å². The lowest BCUT2D eigenvalue weighted by atomic mass is 10.0. The van der Waals surface area contributed by atoms with Gasteiger partial charge in [-0.05, 0) is 41.0 Å². The number of hydrogen-bond donors (Lipinski definition) is 0. The zero-order valence-electron chi connectivity index (χ0n) is 18.6. The van der Waals surface area contributed by atoms with Gasteiger partial charge in [-0.1, -0.05) is 72.8 Å². The number of pyridine rings is 1. The highest BCUT2D eigenvalue weighted by molar-refractivity contribution is 6.04. The topological polar surface area (TPSA) is 82.3 Å². The summed E-state index contributed by atoms with van der Waals surface area (Å²) < 4.78 is 5.55. The number of hydrogen-bond acceptors (Lipinski definition) is 5. The SMILES string of the molecule is O=C(OCc1ccc([N+](=O)[O-])cc1)c1cc(-c2ccc(-c3ccccc3)cc2)nc2ccccc12. The van der Waals surface area contributed by atoms with Gasteiger partial charge in [-0.15, -0.1) is 0 Å². The largest absolute Gasteiger partial charge is 0.457 e. The summed E-state index contributed by atoms with van der Waals surface area (Å²) in [4.78, 5) is 28.2. The van der Waals surface area contributed by atoms with Gasteiger partial charge in [0.1, 0.15) is 6.61 Å². The molecule has 0 radical (unpaired) electrons. The van der Waals surface area contributed by atoms with E-state index in [1.807, 2.05) is 66.7 Å². The van der Waals surface area contributed by atoms with E-state index < -0.39 is 10.9 Å². The number of non-ortho nitro benzene ring substituents is 1. The Kier molecular flexibility index (Phi) is 6.01. The Morgan fingerprint density at radius 3 is 2.11 bits per heavy atom. The first-order valence-corrected chi connectivity index (χ1v) is 11.0. The lowest BCUT2D eigenvalue weighted by Gasteiger charge is -2.11. The number of carbonyl (C=O) groups is 1. The van der Waals surface area contributed by atoms with Crippen molar-refractivity contribution >= 4 is 22.6 Å². The molecule has 0 N–H and O–H groups in total. The number of rotatable bonds is 6. The molecule has 4 aromatic carbocycles. The highest BCUT2D eigenvalue weighted by atomic mass is 16.6. The molecule has 1 aromatic heterocycles. The van der Waals surface area contributed by atoms with E-state index in [1.54, 1.807) is 18.2 Å². The van der Waals surface area contributed by atoms with Gasteiger partial charge in [0, 0.05) is 23.1 Å². The van der Waals surface area contributed by atoms with E-state index in [9.17, 15) is 14.9 Å². The summed E-state index contributed by atoms with van der Waals surface area (Å²) in [5, 5.41) is 11.5. The van der Waals surface area contributed by atoms with E-state index in [2.05, 4.69) is 12.1 Å². The molecular formula is C29H20N2O4. The number of carbonyl (C=O) groups excluding carboxylic acids is 1.